The lowest BCUT2D eigenvalue weighted by atomic mass is 10.1. The zero-order valence-corrected chi connectivity index (χ0v) is 13.6. The van der Waals surface area contributed by atoms with Gasteiger partial charge >= 0.3 is 0 Å². The molecule has 24 heavy (non-hydrogen) atoms. The molecule has 2 N–H and O–H groups in total. The minimum atomic E-state index is -0.462. The van der Waals surface area contributed by atoms with Crippen LogP contribution in [0.5, 0.6) is 0 Å². The number of nitrogens with zero attached hydrogens (tertiary/aromatic N) is 1. The summed E-state index contributed by atoms with van der Waals surface area (Å²) in [6.45, 7) is 0. The molecule has 0 heterocycles. The molecule has 3 rings (SSSR count). The number of anilines is 2. The topological polar surface area (TPSA) is 52.6 Å². The summed E-state index contributed by atoms with van der Waals surface area (Å²) in [5, 5.41) is 13.2. The molecule has 0 aromatic heterocycles. The number of halogens is 1. The van der Waals surface area contributed by atoms with Crippen molar-refractivity contribution in [2.75, 3.05) is 12.4 Å². The third kappa shape index (κ3) is 3.41. The summed E-state index contributed by atoms with van der Waals surface area (Å²) in [4.78, 5) is 14.5. The Morgan fingerprint density at radius 3 is 2.54 bits per heavy atom. The number of benzene rings is 2. The highest BCUT2D eigenvalue weighted by Gasteiger charge is 2.32. The van der Waals surface area contributed by atoms with Crippen LogP contribution >= 0.6 is 0 Å². The molecule has 4 nitrogen and oxygen atoms in total. The van der Waals surface area contributed by atoms with Gasteiger partial charge in [-0.2, -0.15) is 0 Å². The second-order valence-electron chi connectivity index (χ2n) is 6.16. The van der Waals surface area contributed by atoms with Gasteiger partial charge in [-0.1, -0.05) is 12.1 Å². The van der Waals surface area contributed by atoms with Gasteiger partial charge in [-0.3, -0.25) is 4.79 Å². The van der Waals surface area contributed by atoms with Crippen molar-refractivity contribution < 1.29 is 14.3 Å². The number of carbonyl (C=O) groups is 1. The maximum absolute atomic E-state index is 13.0. The van der Waals surface area contributed by atoms with Crippen LogP contribution in [0.3, 0.4) is 0 Å². The Balaban J connectivity index is 1.83. The standard InChI is InChI=1S/C19H21FN2O2/c1-22(17-7-4-8-18(17)23)19(24)15-5-2-3-6-16(15)21-14-11-9-13(20)10-12-14/h2-3,5-6,9-12,17-18,21,23H,4,7-8H2,1H3/t17-,18-/m1/s1. The van der Waals surface area contributed by atoms with Crippen molar-refractivity contribution in [3.8, 4) is 0 Å². The van der Waals surface area contributed by atoms with Crippen LogP contribution in [0.1, 0.15) is 29.6 Å². The van der Waals surface area contributed by atoms with Crippen LogP contribution in [0.4, 0.5) is 15.8 Å². The first-order valence-electron chi connectivity index (χ1n) is 8.13. The molecule has 0 saturated heterocycles. The number of hydrogen-bond donors (Lipinski definition) is 2. The predicted molar refractivity (Wildman–Crippen MR) is 91.9 cm³/mol. The minimum Gasteiger partial charge on any atom is -0.391 e. The highest BCUT2D eigenvalue weighted by molar-refractivity contribution is 6.00. The summed E-state index contributed by atoms with van der Waals surface area (Å²) in [5.41, 5.74) is 1.90. The van der Waals surface area contributed by atoms with Crippen LogP contribution < -0.4 is 5.32 Å². The first-order valence-corrected chi connectivity index (χ1v) is 8.13. The summed E-state index contributed by atoms with van der Waals surface area (Å²) >= 11 is 0. The zero-order valence-electron chi connectivity index (χ0n) is 13.6. The maximum atomic E-state index is 13.0. The van der Waals surface area contributed by atoms with Gasteiger partial charge in [0.15, 0.2) is 0 Å². The number of para-hydroxylation sites is 1. The lowest BCUT2D eigenvalue weighted by Crippen LogP contribution is -2.41. The average molecular weight is 328 g/mol. The van der Waals surface area contributed by atoms with Crippen LogP contribution in [0.15, 0.2) is 48.5 Å². The van der Waals surface area contributed by atoms with Crippen LogP contribution in [-0.4, -0.2) is 35.1 Å². The molecule has 5 heteroatoms. The third-order valence-corrected chi connectivity index (χ3v) is 4.54. The fraction of sp³-hybridized carbons (Fsp3) is 0.316. The number of aliphatic hydroxyl groups excluding tert-OH is 1. The Morgan fingerprint density at radius 1 is 1.17 bits per heavy atom. The Morgan fingerprint density at radius 2 is 1.88 bits per heavy atom. The van der Waals surface area contributed by atoms with Crippen molar-refractivity contribution in [1.82, 2.24) is 4.90 Å². The summed E-state index contributed by atoms with van der Waals surface area (Å²) in [7, 11) is 1.73. The lowest BCUT2D eigenvalue weighted by molar-refractivity contribution is 0.0539. The van der Waals surface area contributed by atoms with Crippen molar-refractivity contribution in [2.24, 2.45) is 0 Å². The molecule has 1 fully saturated rings. The molecule has 126 valence electrons. The van der Waals surface area contributed by atoms with Crippen molar-refractivity contribution in [3.05, 3.63) is 59.9 Å². The lowest BCUT2D eigenvalue weighted by Gasteiger charge is -2.28. The van der Waals surface area contributed by atoms with Crippen LogP contribution in [0.25, 0.3) is 0 Å². The molecule has 1 amide bonds. The number of amides is 1. The average Bonchev–Trinajstić information content (AvgIpc) is 3.02. The Bertz CT molecular complexity index is 718. The molecular formula is C19H21FN2O2. The zero-order chi connectivity index (χ0) is 17.1. The smallest absolute Gasteiger partial charge is 0.256 e. The van der Waals surface area contributed by atoms with Gasteiger partial charge in [0.25, 0.3) is 5.91 Å². The second kappa shape index (κ2) is 7.01. The van der Waals surface area contributed by atoms with Gasteiger partial charge in [0.2, 0.25) is 0 Å². The summed E-state index contributed by atoms with van der Waals surface area (Å²) in [6, 6.07) is 13.1. The number of aliphatic hydroxyl groups is 1. The molecule has 2 aromatic rings. The largest absolute Gasteiger partial charge is 0.391 e. The van der Waals surface area contributed by atoms with Gasteiger partial charge in [-0.25, -0.2) is 4.39 Å². The fourth-order valence-corrected chi connectivity index (χ4v) is 3.18. The van der Waals surface area contributed by atoms with E-state index in [1.807, 2.05) is 18.2 Å². The van der Waals surface area contributed by atoms with Gasteiger partial charge in [-0.15, -0.1) is 0 Å². The van der Waals surface area contributed by atoms with Crippen LogP contribution in [0, 0.1) is 5.82 Å². The first-order chi connectivity index (χ1) is 11.6. The minimum absolute atomic E-state index is 0.133. The van der Waals surface area contributed by atoms with E-state index >= 15 is 0 Å². The first kappa shape index (κ1) is 16.5. The van der Waals surface area contributed by atoms with E-state index in [9.17, 15) is 14.3 Å². The van der Waals surface area contributed by atoms with Gasteiger partial charge in [0.05, 0.1) is 23.4 Å². The SMILES string of the molecule is CN(C(=O)c1ccccc1Nc1ccc(F)cc1)[C@@H]1CCC[C@H]1O. The molecule has 0 spiro atoms. The van der Waals surface area contributed by atoms with Crippen molar-refractivity contribution in [2.45, 2.75) is 31.4 Å². The Labute approximate surface area is 140 Å². The van der Waals surface area contributed by atoms with Crippen LogP contribution in [0.2, 0.25) is 0 Å². The number of rotatable bonds is 4. The number of nitrogens with one attached hydrogen (secondary N) is 1. The molecule has 0 aliphatic heterocycles. The maximum Gasteiger partial charge on any atom is 0.256 e. The quantitative estimate of drug-likeness (QED) is 0.902. The van der Waals surface area contributed by atoms with Crippen molar-refractivity contribution in [3.63, 3.8) is 0 Å². The molecule has 0 radical (unpaired) electrons. The molecule has 1 aliphatic carbocycles. The summed E-state index contributed by atoms with van der Waals surface area (Å²) in [5.74, 6) is -0.439. The van der Waals surface area contributed by atoms with E-state index in [0.717, 1.165) is 19.3 Å². The van der Waals surface area contributed by atoms with Crippen LogP contribution in [-0.2, 0) is 0 Å². The van der Waals surface area contributed by atoms with E-state index in [2.05, 4.69) is 5.32 Å². The van der Waals surface area contributed by atoms with E-state index < -0.39 is 6.10 Å². The number of carbonyl (C=O) groups excluding carboxylic acids is 1. The van der Waals surface area contributed by atoms with E-state index in [4.69, 9.17) is 0 Å². The monoisotopic (exact) mass is 328 g/mol. The summed E-state index contributed by atoms with van der Waals surface area (Å²) in [6.07, 6.45) is 2.02. The fourth-order valence-electron chi connectivity index (χ4n) is 3.18. The molecule has 0 bridgehead atoms. The highest BCUT2D eigenvalue weighted by atomic mass is 19.1. The van der Waals surface area contributed by atoms with Gasteiger partial charge in [0.1, 0.15) is 5.82 Å². The van der Waals surface area contributed by atoms with Gasteiger partial charge in [-0.05, 0) is 55.7 Å². The second-order valence-corrected chi connectivity index (χ2v) is 6.16. The normalized spacial score (nSPS) is 20.0. The molecule has 0 unspecified atom stereocenters. The van der Waals surface area contributed by atoms with E-state index in [0.29, 0.717) is 16.9 Å². The molecule has 2 atom stereocenters. The molecule has 1 aliphatic rings. The number of hydrogen-bond acceptors (Lipinski definition) is 3. The van der Waals surface area contributed by atoms with E-state index in [1.165, 1.54) is 12.1 Å². The van der Waals surface area contributed by atoms with E-state index in [-0.39, 0.29) is 17.8 Å². The molecule has 1 saturated carbocycles. The predicted octanol–water partition coefficient (Wildman–Crippen LogP) is 3.55. The molecular weight excluding hydrogens is 307 g/mol. The Hall–Kier alpha value is -2.40. The number of likely N-dealkylation sites (N-methyl/N-ethyl adjacent to an activating group) is 1. The van der Waals surface area contributed by atoms with Crippen molar-refractivity contribution >= 4 is 17.3 Å². The van der Waals surface area contributed by atoms with Gasteiger partial charge < -0.3 is 15.3 Å². The molecule has 2 aromatic carbocycles. The van der Waals surface area contributed by atoms with Crippen molar-refractivity contribution in [1.29, 1.82) is 0 Å². The van der Waals surface area contributed by atoms with Gasteiger partial charge in [0, 0.05) is 12.7 Å². The highest BCUT2D eigenvalue weighted by Crippen LogP contribution is 2.27. The summed E-state index contributed by atoms with van der Waals surface area (Å²) < 4.78 is 13.0. The third-order valence-electron chi connectivity index (χ3n) is 4.54. The Kier molecular flexibility index (Phi) is 4.81. The van der Waals surface area contributed by atoms with E-state index in [1.54, 1.807) is 30.1 Å².